The van der Waals surface area contributed by atoms with E-state index in [0.29, 0.717) is 13.2 Å². The van der Waals surface area contributed by atoms with Crippen LogP contribution in [0.5, 0.6) is 0 Å². The van der Waals surface area contributed by atoms with Crippen molar-refractivity contribution in [1.29, 1.82) is 0 Å². The number of ether oxygens (including phenoxy) is 3. The third-order valence-corrected chi connectivity index (χ3v) is 3.15. The summed E-state index contributed by atoms with van der Waals surface area (Å²) in [5.74, 6) is 0.206. The number of rotatable bonds is 7. The summed E-state index contributed by atoms with van der Waals surface area (Å²) in [4.78, 5) is 0. The molecule has 0 aromatic rings. The smallest absolute Gasteiger partial charge is 0.162 e. The molecule has 1 aliphatic heterocycles. The van der Waals surface area contributed by atoms with Crippen LogP contribution in [0.3, 0.4) is 0 Å². The van der Waals surface area contributed by atoms with Crippen LogP contribution in [0, 0.1) is 5.92 Å². The van der Waals surface area contributed by atoms with Gasteiger partial charge in [-0.15, -0.1) is 0 Å². The van der Waals surface area contributed by atoms with Crippen LogP contribution in [-0.2, 0) is 14.2 Å². The van der Waals surface area contributed by atoms with Crippen LogP contribution in [0.2, 0.25) is 0 Å². The molecule has 106 valence electrons. The molecule has 0 amide bonds. The Balaban J connectivity index is 2.50. The zero-order valence-electron chi connectivity index (χ0n) is 11.2. The maximum absolute atomic E-state index is 6.06. The number of hydrogen-bond donors (Lipinski definition) is 3. The highest BCUT2D eigenvalue weighted by molar-refractivity contribution is 5.11. The summed E-state index contributed by atoms with van der Waals surface area (Å²) in [6.07, 6.45) is 2.85. The Morgan fingerprint density at radius 1 is 1.44 bits per heavy atom. The van der Waals surface area contributed by atoms with E-state index in [0.717, 1.165) is 18.4 Å². The van der Waals surface area contributed by atoms with Gasteiger partial charge in [0.2, 0.25) is 0 Å². The van der Waals surface area contributed by atoms with E-state index >= 15 is 0 Å². The van der Waals surface area contributed by atoms with Crippen molar-refractivity contribution in [3.05, 3.63) is 11.8 Å². The van der Waals surface area contributed by atoms with Gasteiger partial charge in [-0.05, 0) is 12.0 Å². The molecular weight excluding hydrogens is 234 g/mol. The van der Waals surface area contributed by atoms with E-state index < -0.39 is 12.5 Å². The van der Waals surface area contributed by atoms with E-state index in [-0.39, 0.29) is 12.0 Å². The maximum Gasteiger partial charge on any atom is 0.162 e. The largest absolute Gasteiger partial charge is 0.481 e. The Hall–Kier alpha value is -0.660. The number of methoxy groups -OCH3 is 1. The molecule has 0 bridgehead atoms. The number of hydrogen-bond acceptors (Lipinski definition) is 6. The van der Waals surface area contributed by atoms with Crippen LogP contribution in [0.15, 0.2) is 11.8 Å². The van der Waals surface area contributed by atoms with E-state index in [2.05, 4.69) is 6.92 Å². The monoisotopic (exact) mass is 259 g/mol. The van der Waals surface area contributed by atoms with Crippen LogP contribution in [0.4, 0.5) is 0 Å². The summed E-state index contributed by atoms with van der Waals surface area (Å²) in [7, 11) is 1.55. The van der Waals surface area contributed by atoms with E-state index in [9.17, 15) is 0 Å². The molecule has 6 N–H and O–H groups in total. The van der Waals surface area contributed by atoms with Crippen molar-refractivity contribution in [1.82, 2.24) is 0 Å². The molecule has 0 aromatic carbocycles. The van der Waals surface area contributed by atoms with Crippen molar-refractivity contribution in [3.63, 3.8) is 0 Å². The third-order valence-electron chi connectivity index (χ3n) is 3.15. The quantitative estimate of drug-likeness (QED) is 0.550. The summed E-state index contributed by atoms with van der Waals surface area (Å²) >= 11 is 0. The van der Waals surface area contributed by atoms with Crippen molar-refractivity contribution in [3.8, 4) is 0 Å². The lowest BCUT2D eigenvalue weighted by molar-refractivity contribution is 0.0105. The van der Waals surface area contributed by atoms with Crippen LogP contribution in [-0.4, -0.2) is 38.8 Å². The summed E-state index contributed by atoms with van der Waals surface area (Å²) in [5, 5.41) is 0. The summed E-state index contributed by atoms with van der Waals surface area (Å²) in [6, 6.07) is -0.190. The maximum atomic E-state index is 6.06. The molecular formula is C12H25N3O3. The van der Waals surface area contributed by atoms with Gasteiger partial charge < -0.3 is 25.7 Å². The topological polar surface area (TPSA) is 106 Å². The Morgan fingerprint density at radius 3 is 2.78 bits per heavy atom. The first-order valence-electron chi connectivity index (χ1n) is 6.31. The lowest BCUT2D eigenvalue weighted by Gasteiger charge is -2.34. The van der Waals surface area contributed by atoms with Gasteiger partial charge in [-0.2, -0.15) is 0 Å². The molecule has 0 saturated carbocycles. The van der Waals surface area contributed by atoms with E-state index in [1.54, 1.807) is 13.4 Å². The molecule has 4 unspecified atom stereocenters. The Morgan fingerprint density at radius 2 is 2.17 bits per heavy atom. The normalized spacial score (nSPS) is 29.6. The van der Waals surface area contributed by atoms with Crippen molar-refractivity contribution < 1.29 is 14.2 Å². The van der Waals surface area contributed by atoms with Gasteiger partial charge >= 0.3 is 0 Å². The zero-order valence-corrected chi connectivity index (χ0v) is 11.2. The first-order valence-corrected chi connectivity index (χ1v) is 6.31. The highest BCUT2D eigenvalue weighted by atomic mass is 16.5. The summed E-state index contributed by atoms with van der Waals surface area (Å²) in [5.41, 5.74) is 18.5. The minimum atomic E-state index is -0.438. The van der Waals surface area contributed by atoms with E-state index in [1.807, 2.05) is 0 Å². The predicted molar refractivity (Wildman–Crippen MR) is 69.3 cm³/mol. The zero-order chi connectivity index (χ0) is 13.5. The van der Waals surface area contributed by atoms with Crippen molar-refractivity contribution in [2.75, 3.05) is 20.3 Å². The predicted octanol–water partition coefficient (Wildman–Crippen LogP) is -0.123. The summed E-state index contributed by atoms with van der Waals surface area (Å²) in [6.45, 7) is 2.91. The van der Waals surface area contributed by atoms with Crippen molar-refractivity contribution in [2.45, 2.75) is 38.3 Å². The molecule has 18 heavy (non-hydrogen) atoms. The van der Waals surface area contributed by atoms with Crippen LogP contribution < -0.4 is 17.2 Å². The van der Waals surface area contributed by atoms with E-state index in [1.165, 1.54) is 0 Å². The van der Waals surface area contributed by atoms with Crippen molar-refractivity contribution >= 4 is 0 Å². The van der Waals surface area contributed by atoms with Crippen LogP contribution in [0.25, 0.3) is 0 Å². The van der Waals surface area contributed by atoms with Gasteiger partial charge in [-0.3, -0.25) is 5.73 Å². The van der Waals surface area contributed by atoms with Crippen LogP contribution in [0.1, 0.15) is 19.8 Å². The SMILES string of the molecule is CCCC1C(COCC(N)OC)=COC(N)C1N. The fourth-order valence-corrected chi connectivity index (χ4v) is 2.01. The summed E-state index contributed by atoms with van der Waals surface area (Å²) < 4.78 is 15.7. The van der Waals surface area contributed by atoms with Gasteiger partial charge in [-0.25, -0.2) is 0 Å². The molecule has 4 atom stereocenters. The molecule has 1 heterocycles. The molecule has 6 nitrogen and oxygen atoms in total. The standard InChI is InChI=1S/C12H25N3O3/c1-3-4-9-8(5-17-7-10(13)16-2)6-18-12(15)11(9)14/h6,9-12H,3-5,7,13-15H2,1-2H3. The molecule has 0 aliphatic carbocycles. The van der Waals surface area contributed by atoms with Crippen LogP contribution >= 0.6 is 0 Å². The molecule has 0 fully saturated rings. The highest BCUT2D eigenvalue weighted by Crippen LogP contribution is 2.26. The molecule has 0 spiro atoms. The van der Waals surface area contributed by atoms with Crippen molar-refractivity contribution in [2.24, 2.45) is 23.1 Å². The second-order valence-electron chi connectivity index (χ2n) is 4.56. The second-order valence-corrected chi connectivity index (χ2v) is 4.56. The lowest BCUT2D eigenvalue weighted by Crippen LogP contribution is -2.50. The average Bonchev–Trinajstić information content (AvgIpc) is 2.37. The molecule has 1 rings (SSSR count). The van der Waals surface area contributed by atoms with Gasteiger partial charge in [0.05, 0.1) is 25.5 Å². The minimum absolute atomic E-state index is 0.190. The minimum Gasteiger partial charge on any atom is -0.481 e. The molecule has 6 heteroatoms. The fraction of sp³-hybridized carbons (Fsp3) is 0.833. The van der Waals surface area contributed by atoms with Gasteiger partial charge in [0.1, 0.15) is 6.23 Å². The molecule has 0 aromatic heterocycles. The first-order chi connectivity index (χ1) is 8.60. The van der Waals surface area contributed by atoms with Gasteiger partial charge in [0.25, 0.3) is 0 Å². The average molecular weight is 259 g/mol. The first kappa shape index (κ1) is 15.4. The second kappa shape index (κ2) is 7.70. The Bertz CT molecular complexity index is 273. The third kappa shape index (κ3) is 4.22. The van der Waals surface area contributed by atoms with Gasteiger partial charge in [-0.1, -0.05) is 13.3 Å². The Kier molecular flexibility index (Phi) is 6.59. The highest BCUT2D eigenvalue weighted by Gasteiger charge is 2.31. The molecule has 0 radical (unpaired) electrons. The van der Waals surface area contributed by atoms with Gasteiger partial charge in [0.15, 0.2) is 6.23 Å². The van der Waals surface area contributed by atoms with E-state index in [4.69, 9.17) is 31.4 Å². The molecule has 1 aliphatic rings. The fourth-order valence-electron chi connectivity index (χ4n) is 2.01. The lowest BCUT2D eigenvalue weighted by atomic mass is 9.86. The van der Waals surface area contributed by atoms with Gasteiger partial charge in [0, 0.05) is 13.0 Å². The Labute approximate surface area is 108 Å². The number of nitrogens with two attached hydrogens (primary N) is 3. The molecule has 0 saturated heterocycles.